The SMILES string of the molecule is CCNC(=NCc1cccnc1Oc1cccc(F)c1)NCCn1cnnc1CC.I. The highest BCUT2D eigenvalue weighted by Gasteiger charge is 2.08. The van der Waals surface area contributed by atoms with Crippen molar-refractivity contribution in [2.45, 2.75) is 33.4 Å². The lowest BCUT2D eigenvalue weighted by atomic mass is 10.2. The van der Waals surface area contributed by atoms with Gasteiger partial charge in [0.25, 0.3) is 0 Å². The Morgan fingerprint density at radius 3 is 2.84 bits per heavy atom. The van der Waals surface area contributed by atoms with Gasteiger partial charge < -0.3 is 19.9 Å². The quantitative estimate of drug-likeness (QED) is 0.246. The third kappa shape index (κ3) is 7.46. The van der Waals surface area contributed by atoms with Gasteiger partial charge in [0.1, 0.15) is 23.7 Å². The fourth-order valence-corrected chi connectivity index (χ4v) is 2.82. The van der Waals surface area contributed by atoms with E-state index in [9.17, 15) is 4.39 Å². The highest BCUT2D eigenvalue weighted by molar-refractivity contribution is 14.0. The van der Waals surface area contributed by atoms with Crippen LogP contribution in [0, 0.1) is 5.82 Å². The molecule has 0 fully saturated rings. The number of benzene rings is 1. The summed E-state index contributed by atoms with van der Waals surface area (Å²) in [5.41, 5.74) is 0.797. The Morgan fingerprint density at radius 1 is 1.19 bits per heavy atom. The number of aryl methyl sites for hydroxylation is 1. The largest absolute Gasteiger partial charge is 0.439 e. The Morgan fingerprint density at radius 2 is 2.06 bits per heavy atom. The van der Waals surface area contributed by atoms with E-state index < -0.39 is 0 Å². The molecular formula is C21H27FIN7O. The van der Waals surface area contributed by atoms with Crippen molar-refractivity contribution in [1.29, 1.82) is 0 Å². The van der Waals surface area contributed by atoms with Gasteiger partial charge in [-0.15, -0.1) is 34.2 Å². The maximum absolute atomic E-state index is 13.4. The fraction of sp³-hybridized carbons (Fsp3) is 0.333. The highest BCUT2D eigenvalue weighted by atomic mass is 127. The normalized spacial score (nSPS) is 11.0. The first-order valence-electron chi connectivity index (χ1n) is 9.95. The Labute approximate surface area is 198 Å². The smallest absolute Gasteiger partial charge is 0.224 e. The zero-order chi connectivity index (χ0) is 21.2. The van der Waals surface area contributed by atoms with Crippen LogP contribution in [-0.4, -0.2) is 38.8 Å². The molecule has 0 unspecified atom stereocenters. The van der Waals surface area contributed by atoms with Crippen molar-refractivity contribution in [3.8, 4) is 11.6 Å². The van der Waals surface area contributed by atoms with Crippen LogP contribution in [0.4, 0.5) is 4.39 Å². The van der Waals surface area contributed by atoms with Crippen molar-refractivity contribution in [3.63, 3.8) is 0 Å². The van der Waals surface area contributed by atoms with Crippen molar-refractivity contribution in [3.05, 3.63) is 66.1 Å². The number of rotatable bonds is 9. The first kappa shape index (κ1) is 24.5. The molecule has 0 spiro atoms. The number of nitrogens with zero attached hydrogens (tertiary/aromatic N) is 5. The number of aromatic nitrogens is 4. The van der Waals surface area contributed by atoms with Gasteiger partial charge in [-0.2, -0.15) is 0 Å². The predicted octanol–water partition coefficient (Wildman–Crippen LogP) is 3.54. The van der Waals surface area contributed by atoms with Gasteiger partial charge in [0.15, 0.2) is 5.96 Å². The van der Waals surface area contributed by atoms with E-state index in [4.69, 9.17) is 4.74 Å². The molecule has 0 radical (unpaired) electrons. The molecule has 0 atom stereocenters. The lowest BCUT2D eigenvalue weighted by Gasteiger charge is -2.13. The molecule has 0 aliphatic heterocycles. The van der Waals surface area contributed by atoms with Gasteiger partial charge >= 0.3 is 0 Å². The van der Waals surface area contributed by atoms with E-state index in [1.807, 2.05) is 23.6 Å². The Balaban J connectivity index is 0.00000341. The second kappa shape index (κ2) is 12.8. The van der Waals surface area contributed by atoms with Crippen LogP contribution >= 0.6 is 24.0 Å². The second-order valence-corrected chi connectivity index (χ2v) is 6.44. The van der Waals surface area contributed by atoms with Crippen molar-refractivity contribution >= 4 is 29.9 Å². The number of pyridine rings is 1. The first-order chi connectivity index (χ1) is 14.7. The minimum Gasteiger partial charge on any atom is -0.439 e. The molecule has 31 heavy (non-hydrogen) atoms. The maximum atomic E-state index is 13.4. The number of nitrogens with one attached hydrogen (secondary N) is 2. The molecule has 0 aliphatic carbocycles. The fourth-order valence-electron chi connectivity index (χ4n) is 2.82. The number of aliphatic imine (C=N–C) groups is 1. The minimum absolute atomic E-state index is 0. The molecule has 0 saturated heterocycles. The van der Waals surface area contributed by atoms with Gasteiger partial charge in [-0.3, -0.25) is 0 Å². The Bertz CT molecular complexity index is 980. The monoisotopic (exact) mass is 539 g/mol. The van der Waals surface area contributed by atoms with Crippen molar-refractivity contribution in [1.82, 2.24) is 30.4 Å². The Kier molecular flexibility index (Phi) is 10.1. The van der Waals surface area contributed by atoms with Gasteiger partial charge in [-0.25, -0.2) is 14.4 Å². The topological polar surface area (TPSA) is 89.3 Å². The van der Waals surface area contributed by atoms with E-state index >= 15 is 0 Å². The van der Waals surface area contributed by atoms with E-state index in [0.717, 1.165) is 30.9 Å². The molecule has 0 amide bonds. The molecule has 3 aromatic rings. The summed E-state index contributed by atoms with van der Waals surface area (Å²) < 4.78 is 21.2. The third-order valence-corrected chi connectivity index (χ3v) is 4.27. The molecule has 166 valence electrons. The highest BCUT2D eigenvalue weighted by Crippen LogP contribution is 2.23. The predicted molar refractivity (Wildman–Crippen MR) is 128 cm³/mol. The van der Waals surface area contributed by atoms with E-state index in [1.54, 1.807) is 24.7 Å². The van der Waals surface area contributed by atoms with Crippen LogP contribution in [-0.2, 0) is 19.5 Å². The van der Waals surface area contributed by atoms with E-state index in [-0.39, 0.29) is 29.8 Å². The second-order valence-electron chi connectivity index (χ2n) is 6.44. The van der Waals surface area contributed by atoms with Gasteiger partial charge in [0.2, 0.25) is 5.88 Å². The molecule has 8 nitrogen and oxygen atoms in total. The molecule has 10 heteroatoms. The summed E-state index contributed by atoms with van der Waals surface area (Å²) >= 11 is 0. The zero-order valence-corrected chi connectivity index (χ0v) is 19.9. The average molecular weight is 539 g/mol. The molecule has 0 saturated carbocycles. The summed E-state index contributed by atoms with van der Waals surface area (Å²) in [4.78, 5) is 8.90. The molecule has 2 aromatic heterocycles. The van der Waals surface area contributed by atoms with Crippen LogP contribution in [0.3, 0.4) is 0 Å². The average Bonchev–Trinajstić information content (AvgIpc) is 3.20. The van der Waals surface area contributed by atoms with E-state index in [1.165, 1.54) is 12.1 Å². The summed E-state index contributed by atoms with van der Waals surface area (Å²) in [6.45, 7) is 6.57. The molecule has 1 aromatic carbocycles. The lowest BCUT2D eigenvalue weighted by Crippen LogP contribution is -2.38. The van der Waals surface area contributed by atoms with Crippen LogP contribution in [0.15, 0.2) is 53.9 Å². The van der Waals surface area contributed by atoms with Crippen molar-refractivity contribution in [2.24, 2.45) is 4.99 Å². The summed E-state index contributed by atoms with van der Waals surface area (Å²) in [6, 6.07) is 9.68. The maximum Gasteiger partial charge on any atom is 0.224 e. The van der Waals surface area contributed by atoms with Crippen LogP contribution in [0.2, 0.25) is 0 Å². The number of halogens is 2. The van der Waals surface area contributed by atoms with Crippen LogP contribution in [0.1, 0.15) is 25.2 Å². The number of ether oxygens (including phenoxy) is 1. The molecule has 0 aliphatic rings. The van der Waals surface area contributed by atoms with Gasteiger partial charge in [0, 0.05) is 43.9 Å². The van der Waals surface area contributed by atoms with Crippen LogP contribution in [0.5, 0.6) is 11.6 Å². The van der Waals surface area contributed by atoms with E-state index in [2.05, 4.69) is 37.7 Å². The summed E-state index contributed by atoms with van der Waals surface area (Å²) in [7, 11) is 0. The minimum atomic E-state index is -0.360. The molecule has 2 N–H and O–H groups in total. The van der Waals surface area contributed by atoms with Crippen LogP contribution < -0.4 is 15.4 Å². The first-order valence-corrected chi connectivity index (χ1v) is 9.95. The van der Waals surface area contributed by atoms with Gasteiger partial charge in [-0.1, -0.05) is 19.1 Å². The number of hydrogen-bond acceptors (Lipinski definition) is 5. The van der Waals surface area contributed by atoms with E-state index in [0.29, 0.717) is 30.7 Å². The van der Waals surface area contributed by atoms with Gasteiger partial charge in [0.05, 0.1) is 6.54 Å². The molecular weight excluding hydrogens is 512 g/mol. The molecule has 0 bridgehead atoms. The summed E-state index contributed by atoms with van der Waals surface area (Å²) in [6.07, 6.45) is 4.20. The van der Waals surface area contributed by atoms with Crippen molar-refractivity contribution < 1.29 is 9.13 Å². The lowest BCUT2D eigenvalue weighted by molar-refractivity contribution is 0.452. The van der Waals surface area contributed by atoms with Crippen molar-refractivity contribution in [2.75, 3.05) is 13.1 Å². The molecule has 3 rings (SSSR count). The number of guanidine groups is 1. The summed E-state index contributed by atoms with van der Waals surface area (Å²) in [5, 5.41) is 14.6. The number of hydrogen-bond donors (Lipinski definition) is 2. The molecule has 2 heterocycles. The standard InChI is InChI=1S/C21H26FN7O.HI/c1-3-19-28-27-15-29(19)12-11-25-21(23-4-2)26-14-16-7-6-10-24-20(16)30-18-9-5-8-17(22)13-18;/h5-10,13,15H,3-4,11-12,14H2,1-2H3,(H2,23,25,26);1H. The summed E-state index contributed by atoms with van der Waals surface area (Å²) in [5.74, 6) is 2.07. The Hall–Kier alpha value is -2.76. The zero-order valence-electron chi connectivity index (χ0n) is 17.6. The van der Waals surface area contributed by atoms with Gasteiger partial charge in [-0.05, 0) is 25.1 Å². The van der Waals surface area contributed by atoms with Crippen LogP contribution in [0.25, 0.3) is 0 Å². The third-order valence-electron chi connectivity index (χ3n) is 4.27.